The zero-order valence-electron chi connectivity index (χ0n) is 11.4. The van der Waals surface area contributed by atoms with E-state index in [0.717, 1.165) is 43.7 Å². The molecule has 1 aliphatic carbocycles. The van der Waals surface area contributed by atoms with Crippen molar-refractivity contribution in [3.63, 3.8) is 0 Å². The van der Waals surface area contributed by atoms with Gasteiger partial charge in [0.05, 0.1) is 0 Å². The van der Waals surface area contributed by atoms with Gasteiger partial charge in [0.1, 0.15) is 0 Å². The predicted molar refractivity (Wildman–Crippen MR) is 72.2 cm³/mol. The highest BCUT2D eigenvalue weighted by molar-refractivity contribution is 5.76. The van der Waals surface area contributed by atoms with E-state index < -0.39 is 0 Å². The SMILES string of the molecule is O=C(CCC1CCC1)N1CC[C@@H]2CNC[C@@H]2CC1. The van der Waals surface area contributed by atoms with Gasteiger partial charge < -0.3 is 10.2 Å². The fourth-order valence-electron chi connectivity index (χ4n) is 3.73. The van der Waals surface area contributed by atoms with Crippen LogP contribution in [0.3, 0.4) is 0 Å². The third-order valence-electron chi connectivity index (χ3n) is 5.36. The molecule has 2 saturated heterocycles. The number of carbonyl (C=O) groups is 1. The minimum absolute atomic E-state index is 0.426. The first-order valence-electron chi connectivity index (χ1n) is 7.81. The van der Waals surface area contributed by atoms with Crippen LogP contribution in [-0.2, 0) is 4.79 Å². The number of nitrogens with zero attached hydrogens (tertiary/aromatic N) is 1. The molecule has 0 radical (unpaired) electrons. The highest BCUT2D eigenvalue weighted by atomic mass is 16.2. The van der Waals surface area contributed by atoms with E-state index in [-0.39, 0.29) is 0 Å². The molecule has 3 heteroatoms. The Morgan fingerprint density at radius 1 is 1.06 bits per heavy atom. The number of fused-ring (bicyclic) bond motifs is 1. The van der Waals surface area contributed by atoms with Crippen molar-refractivity contribution in [3.8, 4) is 0 Å². The summed E-state index contributed by atoms with van der Waals surface area (Å²) in [6, 6.07) is 0. The molecule has 3 nitrogen and oxygen atoms in total. The predicted octanol–water partition coefficient (Wildman–Crippen LogP) is 2.02. The quantitative estimate of drug-likeness (QED) is 0.831. The van der Waals surface area contributed by atoms with Gasteiger partial charge in [-0.05, 0) is 50.1 Å². The maximum absolute atomic E-state index is 12.2. The second-order valence-corrected chi connectivity index (χ2v) is 6.47. The monoisotopic (exact) mass is 250 g/mol. The summed E-state index contributed by atoms with van der Waals surface area (Å²) in [5, 5.41) is 3.49. The van der Waals surface area contributed by atoms with Crippen molar-refractivity contribution in [1.82, 2.24) is 10.2 Å². The van der Waals surface area contributed by atoms with Crippen molar-refractivity contribution in [2.24, 2.45) is 17.8 Å². The zero-order valence-corrected chi connectivity index (χ0v) is 11.4. The Bertz CT molecular complexity index is 287. The van der Waals surface area contributed by atoms with Crippen LogP contribution in [0.25, 0.3) is 0 Å². The molecule has 0 aromatic carbocycles. The Labute approximate surface area is 110 Å². The largest absolute Gasteiger partial charge is 0.343 e. The normalized spacial score (nSPS) is 32.8. The van der Waals surface area contributed by atoms with Gasteiger partial charge >= 0.3 is 0 Å². The molecule has 1 amide bonds. The lowest BCUT2D eigenvalue weighted by atomic mass is 9.82. The first-order chi connectivity index (χ1) is 8.83. The second kappa shape index (κ2) is 5.60. The molecule has 0 aromatic rings. The van der Waals surface area contributed by atoms with Crippen molar-refractivity contribution in [3.05, 3.63) is 0 Å². The van der Waals surface area contributed by atoms with Crippen molar-refractivity contribution in [2.75, 3.05) is 26.2 Å². The van der Waals surface area contributed by atoms with Crippen molar-refractivity contribution >= 4 is 5.91 Å². The molecule has 2 heterocycles. The molecule has 2 aliphatic heterocycles. The molecular weight excluding hydrogens is 224 g/mol. The lowest BCUT2D eigenvalue weighted by molar-refractivity contribution is -0.131. The van der Waals surface area contributed by atoms with Crippen LogP contribution in [0.2, 0.25) is 0 Å². The van der Waals surface area contributed by atoms with E-state index in [4.69, 9.17) is 0 Å². The van der Waals surface area contributed by atoms with Gasteiger partial charge in [0, 0.05) is 19.5 Å². The molecule has 3 fully saturated rings. The average molecular weight is 250 g/mol. The lowest BCUT2D eigenvalue weighted by Crippen LogP contribution is -2.33. The number of amides is 1. The lowest BCUT2D eigenvalue weighted by Gasteiger charge is -2.27. The van der Waals surface area contributed by atoms with Crippen molar-refractivity contribution in [2.45, 2.75) is 44.9 Å². The molecule has 1 saturated carbocycles. The van der Waals surface area contributed by atoms with Crippen LogP contribution in [0.15, 0.2) is 0 Å². The van der Waals surface area contributed by atoms with E-state index >= 15 is 0 Å². The van der Waals surface area contributed by atoms with Crippen LogP contribution in [0, 0.1) is 17.8 Å². The molecule has 3 rings (SSSR count). The fraction of sp³-hybridized carbons (Fsp3) is 0.933. The summed E-state index contributed by atoms with van der Waals surface area (Å²) in [5.74, 6) is 2.95. The summed E-state index contributed by atoms with van der Waals surface area (Å²) in [7, 11) is 0. The van der Waals surface area contributed by atoms with E-state index in [1.807, 2.05) is 0 Å². The third kappa shape index (κ3) is 2.71. The van der Waals surface area contributed by atoms with E-state index in [1.54, 1.807) is 0 Å². The molecule has 102 valence electrons. The van der Waals surface area contributed by atoms with Crippen LogP contribution in [0.5, 0.6) is 0 Å². The molecule has 0 spiro atoms. The first-order valence-corrected chi connectivity index (χ1v) is 7.81. The maximum Gasteiger partial charge on any atom is 0.222 e. The van der Waals surface area contributed by atoms with E-state index in [1.165, 1.54) is 45.2 Å². The Hall–Kier alpha value is -0.570. The molecule has 0 bridgehead atoms. The zero-order chi connectivity index (χ0) is 12.4. The average Bonchev–Trinajstić information content (AvgIpc) is 2.66. The second-order valence-electron chi connectivity index (χ2n) is 6.47. The van der Waals surface area contributed by atoms with Gasteiger partial charge in [-0.1, -0.05) is 19.3 Å². The molecule has 0 aromatic heterocycles. The Balaban J connectivity index is 1.45. The Morgan fingerprint density at radius 2 is 1.72 bits per heavy atom. The number of hydrogen-bond acceptors (Lipinski definition) is 2. The number of likely N-dealkylation sites (tertiary alicyclic amines) is 1. The number of rotatable bonds is 3. The maximum atomic E-state index is 12.2. The van der Waals surface area contributed by atoms with Gasteiger partial charge in [0.2, 0.25) is 5.91 Å². The molecule has 3 aliphatic rings. The van der Waals surface area contributed by atoms with Gasteiger partial charge in [-0.2, -0.15) is 0 Å². The fourth-order valence-corrected chi connectivity index (χ4v) is 3.73. The number of carbonyl (C=O) groups excluding carboxylic acids is 1. The summed E-state index contributed by atoms with van der Waals surface area (Å²) in [6.07, 6.45) is 8.49. The highest BCUT2D eigenvalue weighted by Crippen LogP contribution is 2.31. The van der Waals surface area contributed by atoms with Crippen LogP contribution in [0.4, 0.5) is 0 Å². The summed E-state index contributed by atoms with van der Waals surface area (Å²) in [4.78, 5) is 14.4. The van der Waals surface area contributed by atoms with Gasteiger partial charge in [-0.25, -0.2) is 0 Å². The van der Waals surface area contributed by atoms with E-state index in [0.29, 0.717) is 5.91 Å². The van der Waals surface area contributed by atoms with Crippen molar-refractivity contribution < 1.29 is 4.79 Å². The number of hydrogen-bond donors (Lipinski definition) is 1. The molecule has 0 unspecified atom stereocenters. The molecule has 18 heavy (non-hydrogen) atoms. The minimum atomic E-state index is 0.426. The highest BCUT2D eigenvalue weighted by Gasteiger charge is 2.31. The van der Waals surface area contributed by atoms with Crippen molar-refractivity contribution in [1.29, 1.82) is 0 Å². The van der Waals surface area contributed by atoms with Crippen LogP contribution in [-0.4, -0.2) is 37.0 Å². The van der Waals surface area contributed by atoms with E-state index in [9.17, 15) is 4.79 Å². The summed E-state index contributed by atoms with van der Waals surface area (Å²) in [6.45, 7) is 4.36. The van der Waals surface area contributed by atoms with E-state index in [2.05, 4.69) is 10.2 Å². The van der Waals surface area contributed by atoms with Crippen LogP contribution >= 0.6 is 0 Å². The summed E-state index contributed by atoms with van der Waals surface area (Å²) in [5.41, 5.74) is 0. The topological polar surface area (TPSA) is 32.3 Å². The smallest absolute Gasteiger partial charge is 0.222 e. The van der Waals surface area contributed by atoms with Gasteiger partial charge in [-0.3, -0.25) is 4.79 Å². The standard InChI is InChI=1S/C15H26N2O/c18-15(5-4-12-2-1-3-12)17-8-6-13-10-16-11-14(13)7-9-17/h12-14,16H,1-11H2/t13-,14+. The molecule has 2 atom stereocenters. The first kappa shape index (κ1) is 12.5. The third-order valence-corrected chi connectivity index (χ3v) is 5.36. The van der Waals surface area contributed by atoms with Gasteiger partial charge in [-0.15, -0.1) is 0 Å². The minimum Gasteiger partial charge on any atom is -0.343 e. The Kier molecular flexibility index (Phi) is 3.88. The summed E-state index contributed by atoms with van der Waals surface area (Å²) < 4.78 is 0. The summed E-state index contributed by atoms with van der Waals surface area (Å²) >= 11 is 0. The number of nitrogens with one attached hydrogen (secondary N) is 1. The van der Waals surface area contributed by atoms with Gasteiger partial charge in [0.25, 0.3) is 0 Å². The van der Waals surface area contributed by atoms with Crippen LogP contribution in [0.1, 0.15) is 44.9 Å². The Morgan fingerprint density at radius 3 is 2.28 bits per heavy atom. The van der Waals surface area contributed by atoms with Gasteiger partial charge in [0.15, 0.2) is 0 Å². The molecular formula is C15H26N2O. The van der Waals surface area contributed by atoms with Crippen LogP contribution < -0.4 is 5.32 Å². The molecule has 1 N–H and O–H groups in total.